The summed E-state index contributed by atoms with van der Waals surface area (Å²) in [6.45, 7) is 8.51. The molecule has 25 heavy (non-hydrogen) atoms. The van der Waals surface area contributed by atoms with Gasteiger partial charge in [0.1, 0.15) is 0 Å². The van der Waals surface area contributed by atoms with Crippen molar-refractivity contribution in [1.29, 1.82) is 0 Å². The number of carbonyl (C=O) groups is 1. The minimum Gasteiger partial charge on any atom is -0.381 e. The number of nitrogens with zero attached hydrogens (tertiary/aromatic N) is 2. The van der Waals surface area contributed by atoms with Gasteiger partial charge in [0.25, 0.3) is 0 Å². The van der Waals surface area contributed by atoms with E-state index in [9.17, 15) is 4.79 Å². The van der Waals surface area contributed by atoms with Crippen molar-refractivity contribution >= 4 is 5.91 Å². The number of hydrogen-bond acceptors (Lipinski definition) is 3. The van der Waals surface area contributed by atoms with Crippen LogP contribution in [0, 0.1) is 11.8 Å². The lowest BCUT2D eigenvalue weighted by Gasteiger charge is -2.34. The van der Waals surface area contributed by atoms with Gasteiger partial charge in [-0.05, 0) is 44.7 Å². The van der Waals surface area contributed by atoms with Gasteiger partial charge in [0.2, 0.25) is 5.91 Å². The summed E-state index contributed by atoms with van der Waals surface area (Å²) in [5.74, 6) is 1.10. The van der Waals surface area contributed by atoms with Crippen molar-refractivity contribution in [2.75, 3.05) is 45.9 Å². The third-order valence-corrected chi connectivity index (χ3v) is 5.57. The van der Waals surface area contributed by atoms with Gasteiger partial charge in [-0.25, -0.2) is 0 Å². The standard InChI is InChI=1S/C21H32N2O2/c1-2-25-17-19-11-14-23(15-19)21(24)20-9-6-12-22(16-20)13-10-18-7-4-3-5-8-18/h3-5,7-8,19-20H,2,6,9-17H2,1H3/t19-,20+/m0/s1. The number of benzene rings is 1. The smallest absolute Gasteiger partial charge is 0.226 e. The largest absolute Gasteiger partial charge is 0.381 e. The third-order valence-electron chi connectivity index (χ3n) is 5.57. The van der Waals surface area contributed by atoms with E-state index in [1.54, 1.807) is 0 Å². The van der Waals surface area contributed by atoms with Gasteiger partial charge in [0.05, 0.1) is 12.5 Å². The molecule has 0 unspecified atom stereocenters. The van der Waals surface area contributed by atoms with Crippen LogP contribution < -0.4 is 0 Å². The van der Waals surface area contributed by atoms with Crippen LogP contribution in [0.25, 0.3) is 0 Å². The van der Waals surface area contributed by atoms with Crippen LogP contribution in [0.1, 0.15) is 31.7 Å². The number of piperidine rings is 1. The summed E-state index contributed by atoms with van der Waals surface area (Å²) in [7, 11) is 0. The zero-order valence-electron chi connectivity index (χ0n) is 15.5. The predicted molar refractivity (Wildman–Crippen MR) is 100 cm³/mol. The highest BCUT2D eigenvalue weighted by atomic mass is 16.5. The monoisotopic (exact) mass is 344 g/mol. The molecule has 0 aromatic heterocycles. The first-order valence-electron chi connectivity index (χ1n) is 9.89. The Bertz CT molecular complexity index is 534. The molecule has 1 aromatic carbocycles. The average molecular weight is 344 g/mol. The zero-order chi connectivity index (χ0) is 17.5. The highest BCUT2D eigenvalue weighted by Crippen LogP contribution is 2.24. The fourth-order valence-electron chi connectivity index (χ4n) is 4.10. The second kappa shape index (κ2) is 9.35. The Hall–Kier alpha value is -1.39. The van der Waals surface area contributed by atoms with Crippen LogP contribution in [0.4, 0.5) is 0 Å². The van der Waals surface area contributed by atoms with Gasteiger partial charge in [-0.1, -0.05) is 30.3 Å². The van der Waals surface area contributed by atoms with Crippen molar-refractivity contribution in [2.24, 2.45) is 11.8 Å². The predicted octanol–water partition coefficient (Wildman–Crippen LogP) is 2.83. The van der Waals surface area contributed by atoms with Crippen molar-refractivity contribution in [3.8, 4) is 0 Å². The lowest BCUT2D eigenvalue weighted by Crippen LogP contribution is -2.44. The normalized spacial score (nSPS) is 24.6. The Balaban J connectivity index is 1.45. The van der Waals surface area contributed by atoms with Gasteiger partial charge >= 0.3 is 0 Å². The quantitative estimate of drug-likeness (QED) is 0.762. The maximum atomic E-state index is 12.9. The number of amides is 1. The van der Waals surface area contributed by atoms with E-state index in [2.05, 4.69) is 40.1 Å². The van der Waals surface area contributed by atoms with E-state index in [1.807, 2.05) is 6.92 Å². The third kappa shape index (κ3) is 5.29. The molecule has 2 fully saturated rings. The maximum Gasteiger partial charge on any atom is 0.226 e. The molecule has 1 aromatic rings. The zero-order valence-corrected chi connectivity index (χ0v) is 15.5. The van der Waals surface area contributed by atoms with E-state index in [4.69, 9.17) is 4.74 Å². The lowest BCUT2D eigenvalue weighted by molar-refractivity contribution is -0.136. The second-order valence-electron chi connectivity index (χ2n) is 7.47. The highest BCUT2D eigenvalue weighted by molar-refractivity contribution is 5.79. The molecule has 2 heterocycles. The topological polar surface area (TPSA) is 32.8 Å². The van der Waals surface area contributed by atoms with Gasteiger partial charge < -0.3 is 14.5 Å². The maximum absolute atomic E-state index is 12.9. The summed E-state index contributed by atoms with van der Waals surface area (Å²) in [5.41, 5.74) is 1.38. The molecule has 0 aliphatic carbocycles. The first-order chi connectivity index (χ1) is 12.3. The van der Waals surface area contributed by atoms with Crippen molar-refractivity contribution < 1.29 is 9.53 Å². The molecule has 4 nitrogen and oxygen atoms in total. The fraction of sp³-hybridized carbons (Fsp3) is 0.667. The molecule has 3 rings (SSSR count). The first-order valence-corrected chi connectivity index (χ1v) is 9.89. The number of carbonyl (C=O) groups excluding carboxylic acids is 1. The van der Waals surface area contributed by atoms with E-state index in [-0.39, 0.29) is 5.92 Å². The Morgan fingerprint density at radius 3 is 2.80 bits per heavy atom. The molecule has 1 amide bonds. The van der Waals surface area contributed by atoms with Crippen LogP contribution in [0.3, 0.4) is 0 Å². The molecular weight excluding hydrogens is 312 g/mol. The molecule has 2 saturated heterocycles. The molecule has 2 aliphatic rings. The summed E-state index contributed by atoms with van der Waals surface area (Å²) in [4.78, 5) is 17.5. The van der Waals surface area contributed by atoms with Crippen molar-refractivity contribution in [1.82, 2.24) is 9.80 Å². The Morgan fingerprint density at radius 2 is 2.00 bits per heavy atom. The lowest BCUT2D eigenvalue weighted by atomic mass is 9.96. The van der Waals surface area contributed by atoms with Crippen molar-refractivity contribution in [3.05, 3.63) is 35.9 Å². The summed E-state index contributed by atoms with van der Waals surface area (Å²) >= 11 is 0. The van der Waals surface area contributed by atoms with E-state index >= 15 is 0 Å². The summed E-state index contributed by atoms with van der Waals surface area (Å²) in [6.07, 6.45) is 4.35. The van der Waals surface area contributed by atoms with E-state index < -0.39 is 0 Å². The molecule has 0 spiro atoms. The van der Waals surface area contributed by atoms with Crippen LogP contribution in [0.5, 0.6) is 0 Å². The van der Waals surface area contributed by atoms with Gasteiger partial charge in [-0.15, -0.1) is 0 Å². The van der Waals surface area contributed by atoms with E-state index in [1.165, 1.54) is 5.56 Å². The van der Waals surface area contributed by atoms with Gasteiger partial charge in [-0.2, -0.15) is 0 Å². The summed E-state index contributed by atoms with van der Waals surface area (Å²) in [6, 6.07) is 10.6. The minimum absolute atomic E-state index is 0.190. The fourth-order valence-corrected chi connectivity index (χ4v) is 4.10. The molecule has 2 aliphatic heterocycles. The van der Waals surface area contributed by atoms with Crippen LogP contribution in [0.15, 0.2) is 30.3 Å². The number of hydrogen-bond donors (Lipinski definition) is 0. The van der Waals surface area contributed by atoms with Crippen molar-refractivity contribution in [3.63, 3.8) is 0 Å². The Labute approximate surface area is 152 Å². The Morgan fingerprint density at radius 1 is 1.16 bits per heavy atom. The number of ether oxygens (including phenoxy) is 1. The summed E-state index contributed by atoms with van der Waals surface area (Å²) in [5, 5.41) is 0. The molecule has 0 saturated carbocycles. The van der Waals surface area contributed by atoms with E-state index in [0.717, 1.165) is 71.6 Å². The molecular formula is C21H32N2O2. The van der Waals surface area contributed by atoms with Crippen LogP contribution in [-0.4, -0.2) is 61.6 Å². The molecule has 0 N–H and O–H groups in total. The summed E-state index contributed by atoms with van der Waals surface area (Å²) < 4.78 is 5.54. The van der Waals surface area contributed by atoms with Crippen LogP contribution in [0.2, 0.25) is 0 Å². The molecule has 138 valence electrons. The second-order valence-corrected chi connectivity index (χ2v) is 7.47. The van der Waals surface area contributed by atoms with Gasteiger partial charge in [0.15, 0.2) is 0 Å². The highest BCUT2D eigenvalue weighted by Gasteiger charge is 2.33. The van der Waals surface area contributed by atoms with E-state index in [0.29, 0.717) is 11.8 Å². The van der Waals surface area contributed by atoms with Crippen LogP contribution in [-0.2, 0) is 16.0 Å². The molecule has 0 radical (unpaired) electrons. The molecule has 4 heteroatoms. The molecule has 2 atom stereocenters. The molecule has 0 bridgehead atoms. The first kappa shape index (κ1) is 18.4. The SMILES string of the molecule is CCOC[C@H]1CCN(C(=O)[C@@H]2CCCN(CCc3ccccc3)C2)C1. The Kier molecular flexibility index (Phi) is 6.88. The van der Waals surface area contributed by atoms with Crippen molar-refractivity contribution in [2.45, 2.75) is 32.6 Å². The average Bonchev–Trinajstić information content (AvgIpc) is 3.14. The number of likely N-dealkylation sites (tertiary alicyclic amines) is 2. The minimum atomic E-state index is 0.190. The van der Waals surface area contributed by atoms with Gasteiger partial charge in [0, 0.05) is 38.7 Å². The van der Waals surface area contributed by atoms with Crippen LogP contribution >= 0.6 is 0 Å². The van der Waals surface area contributed by atoms with Gasteiger partial charge in [-0.3, -0.25) is 4.79 Å². The number of rotatable bonds is 7.